The van der Waals surface area contributed by atoms with Gasteiger partial charge < -0.3 is 25.0 Å². The first kappa shape index (κ1) is 30.0. The van der Waals surface area contributed by atoms with Gasteiger partial charge in [-0.25, -0.2) is 9.97 Å². The molecule has 0 spiro atoms. The van der Waals surface area contributed by atoms with Crippen molar-refractivity contribution >= 4 is 34.7 Å². The number of methoxy groups -OCH3 is 2. The van der Waals surface area contributed by atoms with Crippen LogP contribution in [0.3, 0.4) is 0 Å². The molecule has 0 saturated heterocycles. The number of aliphatic hydroxyl groups is 2. The molecule has 0 aliphatic carbocycles. The highest BCUT2D eigenvalue weighted by Gasteiger charge is 2.25. The van der Waals surface area contributed by atoms with Crippen molar-refractivity contribution in [2.45, 2.75) is 12.5 Å². The van der Waals surface area contributed by atoms with Gasteiger partial charge in [0.2, 0.25) is 11.8 Å². The summed E-state index contributed by atoms with van der Waals surface area (Å²) < 4.78 is 11.2. The summed E-state index contributed by atoms with van der Waals surface area (Å²) in [7, 11) is 3.14. The predicted octanol–water partition coefficient (Wildman–Crippen LogP) is 5.31. The van der Waals surface area contributed by atoms with E-state index in [0.29, 0.717) is 69.7 Å². The fourth-order valence-corrected chi connectivity index (χ4v) is 6.13. The molecule has 4 aromatic rings. The van der Waals surface area contributed by atoms with E-state index < -0.39 is 0 Å². The molecule has 0 bridgehead atoms. The van der Waals surface area contributed by atoms with Crippen molar-refractivity contribution in [1.29, 1.82) is 0 Å². The van der Waals surface area contributed by atoms with Crippen molar-refractivity contribution in [2.24, 2.45) is 15.9 Å². The predicted molar refractivity (Wildman–Crippen MR) is 173 cm³/mol. The summed E-state index contributed by atoms with van der Waals surface area (Å²) in [4.78, 5) is 18.6. The van der Waals surface area contributed by atoms with Crippen molar-refractivity contribution in [1.82, 2.24) is 15.3 Å². The fraction of sp³-hybridized carbons (Fsp3) is 0.273. The van der Waals surface area contributed by atoms with Gasteiger partial charge in [0, 0.05) is 47.0 Å². The number of halogens is 2. The summed E-state index contributed by atoms with van der Waals surface area (Å²) in [5.74, 6) is 1.60. The number of rotatable bonds is 9. The number of aliphatic imine (C=N–C) groups is 2. The third-order valence-electron chi connectivity index (χ3n) is 7.82. The number of pyridine rings is 2. The molecule has 2 aliphatic heterocycles. The zero-order valence-electron chi connectivity index (χ0n) is 24.2. The minimum atomic E-state index is -0.128. The van der Waals surface area contributed by atoms with Gasteiger partial charge in [-0.2, -0.15) is 0 Å². The molecule has 11 heteroatoms. The molecule has 226 valence electrons. The second-order valence-electron chi connectivity index (χ2n) is 10.6. The lowest BCUT2D eigenvalue weighted by Crippen LogP contribution is -2.33. The molecule has 0 unspecified atom stereocenters. The SMILES string of the molecule is COc1nc(-c2cccc(-c3cccc(-c4ccc(C5=NC[C@H](CO)N5)c(OC)n4)c3Cl)c2Cl)ccc1C1=NC[C@H](CO)C1. The zero-order valence-corrected chi connectivity index (χ0v) is 25.7. The Morgan fingerprint density at radius 1 is 0.705 bits per heavy atom. The van der Waals surface area contributed by atoms with Crippen LogP contribution in [0.25, 0.3) is 33.6 Å². The Kier molecular flexibility index (Phi) is 8.81. The summed E-state index contributed by atoms with van der Waals surface area (Å²) in [5.41, 5.74) is 6.61. The molecule has 0 amide bonds. The highest BCUT2D eigenvalue weighted by atomic mass is 35.5. The second-order valence-corrected chi connectivity index (χ2v) is 11.4. The van der Waals surface area contributed by atoms with Gasteiger partial charge in [0.25, 0.3) is 0 Å². The first-order valence-corrected chi connectivity index (χ1v) is 15.0. The van der Waals surface area contributed by atoms with Crippen LogP contribution in [0.5, 0.6) is 11.8 Å². The Bertz CT molecular complexity index is 1650. The van der Waals surface area contributed by atoms with Crippen LogP contribution in [0.15, 0.2) is 70.6 Å². The maximum atomic E-state index is 9.53. The lowest BCUT2D eigenvalue weighted by molar-refractivity contribution is 0.240. The van der Waals surface area contributed by atoms with Crippen molar-refractivity contribution in [3.8, 4) is 45.4 Å². The Balaban J connectivity index is 1.34. The summed E-state index contributed by atoms with van der Waals surface area (Å²) >= 11 is 14.1. The van der Waals surface area contributed by atoms with Gasteiger partial charge in [-0.15, -0.1) is 0 Å². The number of ether oxygens (including phenoxy) is 2. The van der Waals surface area contributed by atoms with Gasteiger partial charge in [0.15, 0.2) is 0 Å². The number of nitrogens with zero attached hydrogens (tertiary/aromatic N) is 4. The topological polar surface area (TPSA) is 121 Å². The molecule has 3 N–H and O–H groups in total. The number of nitrogens with one attached hydrogen (secondary N) is 1. The molecule has 2 atom stereocenters. The third-order valence-corrected chi connectivity index (χ3v) is 8.64. The maximum Gasteiger partial charge on any atom is 0.224 e. The summed E-state index contributed by atoms with van der Waals surface area (Å²) in [6.07, 6.45) is 0.679. The Hall–Kier alpha value is -4.02. The number of hydrogen-bond acceptors (Lipinski definition) is 9. The highest BCUT2D eigenvalue weighted by molar-refractivity contribution is 6.39. The summed E-state index contributed by atoms with van der Waals surface area (Å²) in [6, 6.07) is 18.9. The van der Waals surface area contributed by atoms with E-state index >= 15 is 0 Å². The fourth-order valence-electron chi connectivity index (χ4n) is 5.48. The molecule has 0 saturated carbocycles. The number of aromatic nitrogens is 2. The molecular weight excluding hydrogens is 601 g/mol. The van der Waals surface area contributed by atoms with E-state index in [1.54, 1.807) is 14.2 Å². The summed E-state index contributed by atoms with van der Waals surface area (Å²) in [5, 5.41) is 23.2. The van der Waals surface area contributed by atoms with Gasteiger partial charge in [-0.05, 0) is 30.7 Å². The summed E-state index contributed by atoms with van der Waals surface area (Å²) in [6.45, 7) is 1.16. The zero-order chi connectivity index (χ0) is 30.8. The molecule has 4 heterocycles. The smallest absolute Gasteiger partial charge is 0.224 e. The van der Waals surface area contributed by atoms with Gasteiger partial charge in [-0.3, -0.25) is 9.98 Å². The van der Waals surface area contributed by atoms with E-state index in [0.717, 1.165) is 28.0 Å². The molecule has 44 heavy (non-hydrogen) atoms. The van der Waals surface area contributed by atoms with E-state index in [1.165, 1.54) is 0 Å². The first-order chi connectivity index (χ1) is 21.4. The number of benzene rings is 2. The lowest BCUT2D eigenvalue weighted by atomic mass is 9.97. The standard InChI is InChI=1S/C33H31Cl2N5O4/c1-43-32-24(28-13-18(16-41)14-36-28)9-11-26(39-32)22-7-3-5-20(29(22)34)21-6-4-8-23(30(21)35)27-12-10-25(33(40-27)44-2)31-37-15-19(17-42)38-31/h3-12,18-19,41-42H,13-17H2,1-2H3,(H,37,38)/t18-,19-/m1/s1. The minimum Gasteiger partial charge on any atom is -0.480 e. The van der Waals surface area contributed by atoms with Gasteiger partial charge in [0.05, 0.1) is 66.0 Å². The van der Waals surface area contributed by atoms with E-state index in [2.05, 4.69) is 15.3 Å². The van der Waals surface area contributed by atoms with E-state index in [9.17, 15) is 10.2 Å². The van der Waals surface area contributed by atoms with Gasteiger partial charge >= 0.3 is 0 Å². The van der Waals surface area contributed by atoms with E-state index in [4.69, 9.17) is 42.6 Å². The highest BCUT2D eigenvalue weighted by Crippen LogP contribution is 2.42. The maximum absolute atomic E-state index is 9.53. The van der Waals surface area contributed by atoms with Gasteiger partial charge in [0.1, 0.15) is 5.84 Å². The largest absolute Gasteiger partial charge is 0.480 e. The van der Waals surface area contributed by atoms with Crippen molar-refractivity contribution in [2.75, 3.05) is 40.5 Å². The Morgan fingerprint density at radius 2 is 1.27 bits per heavy atom. The van der Waals surface area contributed by atoms with Crippen LogP contribution in [0.1, 0.15) is 17.5 Å². The van der Waals surface area contributed by atoms with E-state index in [1.807, 2.05) is 60.7 Å². The van der Waals surface area contributed by atoms with Crippen LogP contribution < -0.4 is 14.8 Å². The quantitative estimate of drug-likeness (QED) is 0.229. The lowest BCUT2D eigenvalue weighted by Gasteiger charge is -2.16. The monoisotopic (exact) mass is 631 g/mol. The molecule has 0 radical (unpaired) electrons. The number of aliphatic hydroxyl groups excluding tert-OH is 2. The van der Waals surface area contributed by atoms with Crippen molar-refractivity contribution in [3.05, 3.63) is 81.8 Å². The Labute approximate surface area is 265 Å². The average Bonchev–Trinajstić information content (AvgIpc) is 3.75. The van der Waals surface area contributed by atoms with Crippen LogP contribution in [0.4, 0.5) is 0 Å². The first-order valence-electron chi connectivity index (χ1n) is 14.2. The average molecular weight is 633 g/mol. The molecule has 6 rings (SSSR count). The molecule has 2 aromatic heterocycles. The molecular formula is C33H31Cl2N5O4. The van der Waals surface area contributed by atoms with Crippen LogP contribution in [0, 0.1) is 5.92 Å². The number of hydrogen-bond donors (Lipinski definition) is 3. The van der Waals surface area contributed by atoms with Crippen molar-refractivity contribution < 1.29 is 19.7 Å². The molecule has 2 aliphatic rings. The minimum absolute atomic E-state index is 0.0105. The second kappa shape index (κ2) is 12.9. The van der Waals surface area contributed by atoms with Crippen molar-refractivity contribution in [3.63, 3.8) is 0 Å². The van der Waals surface area contributed by atoms with Gasteiger partial charge in [-0.1, -0.05) is 59.6 Å². The van der Waals surface area contributed by atoms with Crippen LogP contribution in [-0.2, 0) is 0 Å². The normalized spacial score (nSPS) is 17.7. The van der Waals surface area contributed by atoms with Crippen LogP contribution in [-0.4, -0.2) is 78.3 Å². The van der Waals surface area contributed by atoms with Crippen LogP contribution in [0.2, 0.25) is 10.0 Å². The molecule has 2 aromatic carbocycles. The number of amidine groups is 1. The van der Waals surface area contributed by atoms with E-state index in [-0.39, 0.29) is 25.2 Å². The third kappa shape index (κ3) is 5.64. The Morgan fingerprint density at radius 3 is 1.80 bits per heavy atom. The van der Waals surface area contributed by atoms with Crippen LogP contribution >= 0.6 is 23.2 Å². The molecule has 9 nitrogen and oxygen atoms in total. The molecule has 0 fully saturated rings.